The first-order valence-corrected chi connectivity index (χ1v) is 9.35. The van der Waals surface area contributed by atoms with E-state index in [2.05, 4.69) is 20.5 Å². The number of nitrogens with one attached hydrogen (secondary N) is 2. The van der Waals surface area contributed by atoms with Crippen LogP contribution < -0.4 is 15.5 Å². The number of piperidine rings is 1. The smallest absolute Gasteiger partial charge is 0.313 e. The molecule has 1 aromatic carbocycles. The van der Waals surface area contributed by atoms with Crippen LogP contribution in [-0.4, -0.2) is 36.4 Å². The van der Waals surface area contributed by atoms with Gasteiger partial charge in [-0.05, 0) is 55.9 Å². The van der Waals surface area contributed by atoms with Crippen molar-refractivity contribution in [1.82, 2.24) is 10.3 Å². The highest BCUT2D eigenvalue weighted by molar-refractivity contribution is 6.39. The number of benzene rings is 1. The van der Waals surface area contributed by atoms with Crippen LogP contribution in [-0.2, 0) is 9.59 Å². The number of hydrogen-bond acceptors (Lipinski definition) is 4. The molecule has 3 rings (SSSR count). The van der Waals surface area contributed by atoms with Gasteiger partial charge in [-0.2, -0.15) is 0 Å². The standard InChI is InChI=1S/C21H26N4O2/c1-15-4-3-5-16(2)19(15)24-21(27)20(26)23-14-17-8-12-25(13-9-17)18-6-10-22-11-7-18/h3-7,10-11,17H,8-9,12-14H2,1-2H3,(H,23,26)(H,24,27). The molecule has 0 saturated carbocycles. The second kappa shape index (κ2) is 8.66. The summed E-state index contributed by atoms with van der Waals surface area (Å²) in [5, 5.41) is 5.52. The van der Waals surface area contributed by atoms with Crippen molar-refractivity contribution in [3.05, 3.63) is 53.9 Å². The molecule has 6 heteroatoms. The molecular weight excluding hydrogens is 340 g/mol. The molecule has 6 nitrogen and oxygen atoms in total. The van der Waals surface area contributed by atoms with Gasteiger partial charge in [0.05, 0.1) is 0 Å². The predicted molar refractivity (Wildman–Crippen MR) is 107 cm³/mol. The second-order valence-electron chi connectivity index (χ2n) is 7.07. The number of rotatable bonds is 4. The van der Waals surface area contributed by atoms with Crippen LogP contribution in [0.15, 0.2) is 42.7 Å². The molecule has 0 unspecified atom stereocenters. The van der Waals surface area contributed by atoms with E-state index in [4.69, 9.17) is 0 Å². The van der Waals surface area contributed by atoms with Gasteiger partial charge in [-0.15, -0.1) is 0 Å². The maximum atomic E-state index is 12.2. The van der Waals surface area contributed by atoms with Gasteiger partial charge in [0.2, 0.25) is 0 Å². The summed E-state index contributed by atoms with van der Waals surface area (Å²) in [6.45, 7) is 6.25. The van der Waals surface area contributed by atoms with Crippen molar-refractivity contribution in [2.75, 3.05) is 29.9 Å². The Balaban J connectivity index is 1.45. The second-order valence-corrected chi connectivity index (χ2v) is 7.07. The van der Waals surface area contributed by atoms with E-state index < -0.39 is 11.8 Å². The topological polar surface area (TPSA) is 74.3 Å². The van der Waals surface area contributed by atoms with Gasteiger partial charge < -0.3 is 15.5 Å². The lowest BCUT2D eigenvalue weighted by Crippen LogP contribution is -2.42. The molecule has 1 aromatic heterocycles. The van der Waals surface area contributed by atoms with Crippen LogP contribution in [0.4, 0.5) is 11.4 Å². The number of para-hydroxylation sites is 1. The summed E-state index contributed by atoms with van der Waals surface area (Å²) in [5.41, 5.74) is 3.78. The monoisotopic (exact) mass is 366 g/mol. The van der Waals surface area contributed by atoms with Crippen LogP contribution >= 0.6 is 0 Å². The third-order valence-corrected chi connectivity index (χ3v) is 5.12. The fourth-order valence-electron chi connectivity index (χ4n) is 3.45. The largest absolute Gasteiger partial charge is 0.371 e. The Morgan fingerprint density at radius 2 is 1.67 bits per heavy atom. The van der Waals surface area contributed by atoms with Crippen molar-refractivity contribution < 1.29 is 9.59 Å². The fourth-order valence-corrected chi connectivity index (χ4v) is 3.45. The first-order chi connectivity index (χ1) is 13.0. The Morgan fingerprint density at radius 1 is 1.04 bits per heavy atom. The van der Waals surface area contributed by atoms with Crippen molar-refractivity contribution in [2.24, 2.45) is 5.92 Å². The zero-order valence-corrected chi connectivity index (χ0v) is 15.9. The minimum absolute atomic E-state index is 0.389. The maximum absolute atomic E-state index is 12.2. The molecule has 1 saturated heterocycles. The average Bonchev–Trinajstić information content (AvgIpc) is 2.70. The van der Waals surface area contributed by atoms with E-state index >= 15 is 0 Å². The summed E-state index contributed by atoms with van der Waals surface area (Å²) < 4.78 is 0. The zero-order valence-electron chi connectivity index (χ0n) is 15.9. The number of hydrogen-bond donors (Lipinski definition) is 2. The normalized spacial score (nSPS) is 14.7. The summed E-state index contributed by atoms with van der Waals surface area (Å²) in [6, 6.07) is 9.78. The van der Waals surface area contributed by atoms with E-state index in [0.29, 0.717) is 18.2 Å². The highest BCUT2D eigenvalue weighted by Gasteiger charge is 2.22. The molecule has 0 atom stereocenters. The molecule has 1 aliphatic rings. The molecule has 142 valence electrons. The number of amides is 2. The van der Waals surface area contributed by atoms with E-state index in [0.717, 1.165) is 37.1 Å². The van der Waals surface area contributed by atoms with Crippen molar-refractivity contribution in [3.8, 4) is 0 Å². The average molecular weight is 366 g/mol. The maximum Gasteiger partial charge on any atom is 0.313 e. The summed E-state index contributed by atoms with van der Waals surface area (Å²) >= 11 is 0. The Bertz CT molecular complexity index is 779. The minimum Gasteiger partial charge on any atom is -0.371 e. The van der Waals surface area contributed by atoms with Crippen LogP contribution in [0.25, 0.3) is 0 Å². The highest BCUT2D eigenvalue weighted by atomic mass is 16.2. The van der Waals surface area contributed by atoms with E-state index in [9.17, 15) is 9.59 Å². The summed E-state index contributed by atoms with van der Waals surface area (Å²) in [7, 11) is 0. The van der Waals surface area contributed by atoms with E-state index in [1.165, 1.54) is 5.69 Å². The van der Waals surface area contributed by atoms with Crippen molar-refractivity contribution in [2.45, 2.75) is 26.7 Å². The molecule has 2 N–H and O–H groups in total. The number of carbonyl (C=O) groups excluding carboxylic acids is 2. The fraction of sp³-hybridized carbons (Fsp3) is 0.381. The van der Waals surface area contributed by atoms with Gasteiger partial charge in [0.25, 0.3) is 0 Å². The molecule has 0 bridgehead atoms. The Hall–Kier alpha value is -2.89. The summed E-state index contributed by atoms with van der Waals surface area (Å²) in [4.78, 5) is 30.7. The quantitative estimate of drug-likeness (QED) is 0.816. The Morgan fingerprint density at radius 3 is 2.30 bits per heavy atom. The van der Waals surface area contributed by atoms with Gasteiger partial charge in [-0.3, -0.25) is 14.6 Å². The lowest BCUT2D eigenvalue weighted by atomic mass is 9.96. The van der Waals surface area contributed by atoms with Crippen molar-refractivity contribution in [3.63, 3.8) is 0 Å². The summed E-state index contributed by atoms with van der Waals surface area (Å²) in [5.74, 6) is -0.795. The molecule has 0 spiro atoms. The van der Waals surface area contributed by atoms with Gasteiger partial charge in [-0.25, -0.2) is 0 Å². The molecular formula is C21H26N4O2. The number of pyridine rings is 1. The van der Waals surface area contributed by atoms with Crippen LogP contribution in [0, 0.1) is 19.8 Å². The molecule has 27 heavy (non-hydrogen) atoms. The third-order valence-electron chi connectivity index (χ3n) is 5.12. The van der Waals surface area contributed by atoms with Crippen molar-refractivity contribution in [1.29, 1.82) is 0 Å². The van der Waals surface area contributed by atoms with Crippen LogP contribution in [0.1, 0.15) is 24.0 Å². The predicted octanol–water partition coefficient (Wildman–Crippen LogP) is 2.67. The van der Waals surface area contributed by atoms with E-state index in [-0.39, 0.29) is 0 Å². The first kappa shape index (κ1) is 18.9. The number of anilines is 2. The molecule has 1 aliphatic heterocycles. The van der Waals surface area contributed by atoms with E-state index in [1.807, 2.05) is 44.2 Å². The summed E-state index contributed by atoms with van der Waals surface area (Å²) in [6.07, 6.45) is 5.58. The van der Waals surface area contributed by atoms with Gasteiger partial charge in [0.15, 0.2) is 0 Å². The molecule has 2 amide bonds. The highest BCUT2D eigenvalue weighted by Crippen LogP contribution is 2.22. The lowest BCUT2D eigenvalue weighted by molar-refractivity contribution is -0.136. The molecule has 2 heterocycles. The Labute approximate surface area is 160 Å². The zero-order chi connectivity index (χ0) is 19.2. The van der Waals surface area contributed by atoms with Gasteiger partial charge in [0.1, 0.15) is 0 Å². The molecule has 0 radical (unpaired) electrons. The van der Waals surface area contributed by atoms with Crippen LogP contribution in [0.3, 0.4) is 0 Å². The van der Waals surface area contributed by atoms with Gasteiger partial charge >= 0.3 is 11.8 Å². The van der Waals surface area contributed by atoms with Crippen LogP contribution in [0.2, 0.25) is 0 Å². The van der Waals surface area contributed by atoms with Gasteiger partial charge in [0, 0.05) is 43.4 Å². The first-order valence-electron chi connectivity index (χ1n) is 9.35. The molecule has 0 aliphatic carbocycles. The number of aryl methyl sites for hydroxylation is 2. The number of nitrogens with zero attached hydrogens (tertiary/aromatic N) is 2. The van der Waals surface area contributed by atoms with Crippen molar-refractivity contribution >= 4 is 23.2 Å². The van der Waals surface area contributed by atoms with E-state index in [1.54, 1.807) is 12.4 Å². The van der Waals surface area contributed by atoms with Gasteiger partial charge in [-0.1, -0.05) is 18.2 Å². The lowest BCUT2D eigenvalue weighted by Gasteiger charge is -2.33. The number of aromatic nitrogens is 1. The molecule has 2 aromatic rings. The molecule has 1 fully saturated rings. The SMILES string of the molecule is Cc1cccc(C)c1NC(=O)C(=O)NCC1CCN(c2ccncc2)CC1. The van der Waals surface area contributed by atoms with Crippen LogP contribution in [0.5, 0.6) is 0 Å². The minimum atomic E-state index is -0.610. The Kier molecular flexibility index (Phi) is 6.06. The number of carbonyl (C=O) groups is 2. The third kappa shape index (κ3) is 4.84.